The molecule has 0 aliphatic carbocycles. The predicted molar refractivity (Wildman–Crippen MR) is 53.9 cm³/mol. The fourth-order valence-corrected chi connectivity index (χ4v) is 1.87. The lowest BCUT2D eigenvalue weighted by atomic mass is 10.2. The predicted octanol–water partition coefficient (Wildman–Crippen LogP) is 0.499. The standard InChI is InChI=1S/C9H15NO2S/c1-7-2-3-13-9(7)4-10-8(5-11)6-12/h2-3,8,10-12H,4-6H2,1H3. The maximum absolute atomic E-state index is 8.80. The monoisotopic (exact) mass is 201 g/mol. The third kappa shape index (κ3) is 3.08. The molecule has 1 aromatic heterocycles. The molecular formula is C9H15NO2S. The summed E-state index contributed by atoms with van der Waals surface area (Å²) in [6.07, 6.45) is 0. The van der Waals surface area contributed by atoms with Gasteiger partial charge >= 0.3 is 0 Å². The van der Waals surface area contributed by atoms with Crippen LogP contribution in [0.5, 0.6) is 0 Å². The number of hydrogen-bond donors (Lipinski definition) is 3. The van der Waals surface area contributed by atoms with Crippen LogP contribution in [0, 0.1) is 6.92 Å². The van der Waals surface area contributed by atoms with Gasteiger partial charge in [-0.15, -0.1) is 11.3 Å². The number of aliphatic hydroxyl groups excluding tert-OH is 2. The molecule has 0 saturated carbocycles. The summed E-state index contributed by atoms with van der Waals surface area (Å²) >= 11 is 1.69. The van der Waals surface area contributed by atoms with Crippen molar-refractivity contribution in [2.75, 3.05) is 13.2 Å². The van der Waals surface area contributed by atoms with E-state index in [1.165, 1.54) is 10.4 Å². The van der Waals surface area contributed by atoms with Crippen molar-refractivity contribution in [3.63, 3.8) is 0 Å². The summed E-state index contributed by atoms with van der Waals surface area (Å²) in [7, 11) is 0. The molecule has 0 bridgehead atoms. The van der Waals surface area contributed by atoms with Gasteiger partial charge in [0.25, 0.3) is 0 Å². The van der Waals surface area contributed by atoms with E-state index in [1.54, 1.807) is 11.3 Å². The van der Waals surface area contributed by atoms with Crippen LogP contribution in [-0.4, -0.2) is 29.5 Å². The van der Waals surface area contributed by atoms with Crippen LogP contribution in [0.25, 0.3) is 0 Å². The first-order valence-corrected chi connectivity index (χ1v) is 5.14. The quantitative estimate of drug-likeness (QED) is 0.650. The Labute approximate surface area is 82.0 Å². The van der Waals surface area contributed by atoms with Gasteiger partial charge in [-0.3, -0.25) is 0 Å². The van der Waals surface area contributed by atoms with Gasteiger partial charge in [-0.2, -0.15) is 0 Å². The second kappa shape index (κ2) is 5.34. The highest BCUT2D eigenvalue weighted by Gasteiger charge is 2.05. The molecule has 0 fully saturated rings. The minimum Gasteiger partial charge on any atom is -0.395 e. The Hall–Kier alpha value is -0.420. The molecule has 1 rings (SSSR count). The topological polar surface area (TPSA) is 52.5 Å². The van der Waals surface area contributed by atoms with Gasteiger partial charge < -0.3 is 15.5 Å². The van der Waals surface area contributed by atoms with Crippen molar-refractivity contribution in [2.24, 2.45) is 0 Å². The van der Waals surface area contributed by atoms with Gasteiger partial charge in [0.15, 0.2) is 0 Å². The molecule has 0 atom stereocenters. The van der Waals surface area contributed by atoms with E-state index < -0.39 is 0 Å². The molecule has 13 heavy (non-hydrogen) atoms. The maximum Gasteiger partial charge on any atom is 0.0607 e. The third-order valence-corrected chi connectivity index (χ3v) is 2.98. The molecule has 74 valence electrons. The molecule has 0 radical (unpaired) electrons. The highest BCUT2D eigenvalue weighted by molar-refractivity contribution is 7.10. The lowest BCUT2D eigenvalue weighted by Crippen LogP contribution is -2.35. The molecule has 0 spiro atoms. The minimum atomic E-state index is -0.207. The number of nitrogens with one attached hydrogen (secondary N) is 1. The van der Waals surface area contributed by atoms with Crippen LogP contribution in [0.2, 0.25) is 0 Å². The SMILES string of the molecule is Cc1ccsc1CNC(CO)CO. The summed E-state index contributed by atoms with van der Waals surface area (Å²) in [6, 6.07) is 1.86. The van der Waals surface area contributed by atoms with E-state index in [9.17, 15) is 0 Å². The van der Waals surface area contributed by atoms with E-state index >= 15 is 0 Å². The Morgan fingerprint density at radius 1 is 1.46 bits per heavy atom. The van der Waals surface area contributed by atoms with Crippen LogP contribution < -0.4 is 5.32 Å². The van der Waals surface area contributed by atoms with Crippen LogP contribution in [-0.2, 0) is 6.54 Å². The molecule has 0 amide bonds. The number of rotatable bonds is 5. The lowest BCUT2D eigenvalue weighted by Gasteiger charge is -2.12. The zero-order chi connectivity index (χ0) is 9.68. The van der Waals surface area contributed by atoms with Gasteiger partial charge in [-0.25, -0.2) is 0 Å². The summed E-state index contributed by atoms with van der Waals surface area (Å²) in [6.45, 7) is 2.72. The van der Waals surface area contributed by atoms with Crippen molar-refractivity contribution in [3.8, 4) is 0 Å². The molecule has 1 aromatic rings. The van der Waals surface area contributed by atoms with Crippen LogP contribution in [0.15, 0.2) is 11.4 Å². The van der Waals surface area contributed by atoms with Crippen LogP contribution in [0.4, 0.5) is 0 Å². The summed E-state index contributed by atoms with van der Waals surface area (Å²) in [5, 5.41) is 22.7. The summed E-state index contributed by atoms with van der Waals surface area (Å²) in [5.74, 6) is 0. The molecule has 0 aliphatic heterocycles. The Morgan fingerprint density at radius 3 is 2.62 bits per heavy atom. The first-order valence-electron chi connectivity index (χ1n) is 4.26. The highest BCUT2D eigenvalue weighted by Crippen LogP contribution is 2.14. The Balaban J connectivity index is 2.38. The van der Waals surface area contributed by atoms with Gasteiger partial charge in [0.05, 0.1) is 19.3 Å². The van der Waals surface area contributed by atoms with Gasteiger partial charge in [0, 0.05) is 11.4 Å². The van der Waals surface area contributed by atoms with Crippen molar-refractivity contribution in [2.45, 2.75) is 19.5 Å². The second-order valence-electron chi connectivity index (χ2n) is 2.97. The number of aliphatic hydroxyl groups is 2. The lowest BCUT2D eigenvalue weighted by molar-refractivity contribution is 0.170. The van der Waals surface area contributed by atoms with E-state index in [0.29, 0.717) is 0 Å². The molecular weight excluding hydrogens is 186 g/mol. The summed E-state index contributed by atoms with van der Waals surface area (Å²) in [5.41, 5.74) is 1.26. The van der Waals surface area contributed by atoms with Crippen LogP contribution in [0.3, 0.4) is 0 Å². The summed E-state index contributed by atoms with van der Waals surface area (Å²) < 4.78 is 0. The van der Waals surface area contributed by atoms with E-state index in [4.69, 9.17) is 10.2 Å². The first kappa shape index (κ1) is 10.7. The Bertz CT molecular complexity index is 246. The molecule has 3 N–H and O–H groups in total. The van der Waals surface area contributed by atoms with E-state index in [0.717, 1.165) is 6.54 Å². The minimum absolute atomic E-state index is 0.0269. The van der Waals surface area contributed by atoms with Crippen molar-refractivity contribution in [1.29, 1.82) is 0 Å². The van der Waals surface area contributed by atoms with Gasteiger partial charge in [-0.1, -0.05) is 0 Å². The number of thiophene rings is 1. The Kier molecular flexibility index (Phi) is 4.38. The normalized spacial score (nSPS) is 11.1. The number of aryl methyl sites for hydroxylation is 1. The van der Waals surface area contributed by atoms with Crippen molar-refractivity contribution < 1.29 is 10.2 Å². The Morgan fingerprint density at radius 2 is 2.15 bits per heavy atom. The number of hydrogen-bond acceptors (Lipinski definition) is 4. The molecule has 0 aromatic carbocycles. The largest absolute Gasteiger partial charge is 0.395 e. The first-order chi connectivity index (χ1) is 6.27. The molecule has 0 saturated heterocycles. The fourth-order valence-electron chi connectivity index (χ4n) is 1.01. The fraction of sp³-hybridized carbons (Fsp3) is 0.556. The van der Waals surface area contributed by atoms with Gasteiger partial charge in [0.1, 0.15) is 0 Å². The molecule has 0 unspecified atom stereocenters. The average Bonchev–Trinajstić information content (AvgIpc) is 2.54. The molecule has 0 aliphatic rings. The molecule has 3 nitrogen and oxygen atoms in total. The van der Waals surface area contributed by atoms with Gasteiger partial charge in [-0.05, 0) is 23.9 Å². The maximum atomic E-state index is 8.80. The smallest absolute Gasteiger partial charge is 0.0607 e. The molecule has 4 heteroatoms. The van der Waals surface area contributed by atoms with Gasteiger partial charge in [0.2, 0.25) is 0 Å². The zero-order valence-electron chi connectivity index (χ0n) is 7.66. The highest BCUT2D eigenvalue weighted by atomic mass is 32.1. The molecule has 1 heterocycles. The van der Waals surface area contributed by atoms with Crippen molar-refractivity contribution >= 4 is 11.3 Å². The van der Waals surface area contributed by atoms with E-state index in [-0.39, 0.29) is 19.3 Å². The van der Waals surface area contributed by atoms with E-state index in [2.05, 4.69) is 18.3 Å². The second-order valence-corrected chi connectivity index (χ2v) is 3.97. The van der Waals surface area contributed by atoms with Crippen LogP contribution in [0.1, 0.15) is 10.4 Å². The van der Waals surface area contributed by atoms with E-state index in [1.807, 2.05) is 5.38 Å². The average molecular weight is 201 g/mol. The van der Waals surface area contributed by atoms with Crippen molar-refractivity contribution in [3.05, 3.63) is 21.9 Å². The summed E-state index contributed by atoms with van der Waals surface area (Å²) in [4.78, 5) is 1.26. The third-order valence-electron chi connectivity index (χ3n) is 1.96. The van der Waals surface area contributed by atoms with Crippen LogP contribution >= 0.6 is 11.3 Å². The van der Waals surface area contributed by atoms with Crippen molar-refractivity contribution in [1.82, 2.24) is 5.32 Å². The zero-order valence-corrected chi connectivity index (χ0v) is 8.47.